The Morgan fingerprint density at radius 3 is 2.53 bits per heavy atom. The normalized spacial score (nSPS) is 14.4. The number of amides is 2. The third-order valence-corrected chi connectivity index (χ3v) is 2.31. The first-order valence-corrected chi connectivity index (χ1v) is 5.99. The summed E-state index contributed by atoms with van der Waals surface area (Å²) in [7, 11) is 1.63. The van der Waals surface area contributed by atoms with Gasteiger partial charge in [0.2, 0.25) is 11.8 Å². The van der Waals surface area contributed by atoms with Gasteiger partial charge in [0.15, 0.2) is 1.41 Å². The zero-order chi connectivity index (χ0) is 15.5. The Labute approximate surface area is 114 Å². The Kier molecular flexibility index (Phi) is 7.26. The molecule has 0 aliphatic carbocycles. The third-order valence-electron chi connectivity index (χ3n) is 2.31. The van der Waals surface area contributed by atoms with E-state index in [-0.39, 0.29) is 18.7 Å². The minimum absolute atomic E-state index is 0.0188. The fourth-order valence-electron chi connectivity index (χ4n) is 1.41. The topological polar surface area (TPSA) is 113 Å². The first-order valence-electron chi connectivity index (χ1n) is 6.49. The van der Waals surface area contributed by atoms with E-state index in [1.165, 1.54) is 6.92 Å². The zero-order valence-electron chi connectivity index (χ0n) is 12.4. The summed E-state index contributed by atoms with van der Waals surface area (Å²) in [6, 6.07) is -1.62. The van der Waals surface area contributed by atoms with Crippen LogP contribution < -0.4 is 21.7 Å². The molecule has 0 aliphatic rings. The van der Waals surface area contributed by atoms with Crippen LogP contribution in [0.25, 0.3) is 0 Å². The average molecular weight is 272 g/mol. The molecule has 0 aromatic rings. The van der Waals surface area contributed by atoms with Crippen LogP contribution in [0.4, 0.5) is 0 Å². The maximum Gasteiger partial charge on any atom is 0.243 e. The summed E-state index contributed by atoms with van der Waals surface area (Å²) in [6.07, 6.45) is 3.28. The van der Waals surface area contributed by atoms with Gasteiger partial charge in [-0.15, -0.1) is 0 Å². The second-order valence-corrected chi connectivity index (χ2v) is 4.11. The molecule has 0 fully saturated rings. The number of ketones is 1. The number of nitrogens with two attached hydrogens (primary N) is 1. The lowest BCUT2D eigenvalue weighted by Gasteiger charge is -2.20. The molecule has 0 saturated carbocycles. The van der Waals surface area contributed by atoms with Crippen molar-refractivity contribution in [2.45, 2.75) is 32.4 Å². The van der Waals surface area contributed by atoms with Gasteiger partial charge in [0.1, 0.15) is 17.9 Å². The van der Waals surface area contributed by atoms with E-state index in [4.69, 9.17) is 1.41 Å². The number of hydrogen-bond donors (Lipinski definition) is 4. The van der Waals surface area contributed by atoms with Crippen LogP contribution in [0.1, 0.15) is 20.3 Å². The largest absolute Gasteiger partial charge is 0.380 e. The Morgan fingerprint density at radius 1 is 1.37 bits per heavy atom. The van der Waals surface area contributed by atoms with E-state index in [0.29, 0.717) is 0 Å². The van der Waals surface area contributed by atoms with E-state index in [2.05, 4.69) is 16.0 Å². The van der Waals surface area contributed by atoms with Crippen molar-refractivity contribution in [3.8, 4) is 0 Å². The Morgan fingerprint density at radius 2 is 2.05 bits per heavy atom. The van der Waals surface area contributed by atoms with Gasteiger partial charge in [0, 0.05) is 13.0 Å². The number of Topliss-reactive ketones (excluding diaryl/α,β-unsaturated/α-hetero) is 1. The second kappa shape index (κ2) is 9.09. The highest BCUT2D eigenvalue weighted by atomic mass is 16.2. The van der Waals surface area contributed by atoms with Crippen molar-refractivity contribution in [1.82, 2.24) is 16.0 Å². The fourth-order valence-corrected chi connectivity index (χ4v) is 1.41. The van der Waals surface area contributed by atoms with Crippen molar-refractivity contribution in [3.05, 3.63) is 12.3 Å². The molecule has 0 heterocycles. The molecule has 0 radical (unpaired) electrons. The third kappa shape index (κ3) is 7.20. The first-order chi connectivity index (χ1) is 9.46. The molecule has 0 spiro atoms. The van der Waals surface area contributed by atoms with E-state index in [1.807, 2.05) is 0 Å². The number of carbonyl (C=O) groups is 3. The van der Waals surface area contributed by atoms with Crippen molar-refractivity contribution in [1.29, 1.82) is 0 Å². The average Bonchev–Trinajstić information content (AvgIpc) is 2.41. The lowest BCUT2D eigenvalue weighted by Crippen LogP contribution is -2.54. The van der Waals surface area contributed by atoms with E-state index in [0.717, 1.165) is 0 Å². The predicted molar refractivity (Wildman–Crippen MR) is 72.1 cm³/mol. The standard InChI is InChI=1S/C12H22N4O3/c1-4-5-15-9(6-8(2)17)12(19)16-10(7-14-3)11(13)18/h4-5,9-10,14-15H,6-7H2,1-3H3,(H2,13,18)(H,16,19)/t9-,10-/m0/s1/i/hT. The highest BCUT2D eigenvalue weighted by Gasteiger charge is 2.23. The quantitative estimate of drug-likeness (QED) is 0.414. The highest BCUT2D eigenvalue weighted by Crippen LogP contribution is 1.96. The summed E-state index contributed by atoms with van der Waals surface area (Å²) < 4.78 is 6.83. The van der Waals surface area contributed by atoms with Crippen molar-refractivity contribution < 1.29 is 15.8 Å². The fraction of sp³-hybridized carbons (Fsp3) is 0.583. The van der Waals surface area contributed by atoms with Crippen molar-refractivity contribution >= 4 is 17.6 Å². The van der Waals surface area contributed by atoms with Crippen LogP contribution in [-0.2, 0) is 14.4 Å². The van der Waals surface area contributed by atoms with Gasteiger partial charge >= 0.3 is 0 Å². The summed E-state index contributed by atoms with van der Waals surface area (Å²) in [4.78, 5) is 34.7. The van der Waals surface area contributed by atoms with Gasteiger partial charge < -0.3 is 21.7 Å². The molecular formula is C12H22N4O3. The number of allylic oxidation sites excluding steroid dienone is 1. The van der Waals surface area contributed by atoms with Crippen LogP contribution >= 0.6 is 0 Å². The highest BCUT2D eigenvalue weighted by molar-refractivity contribution is 5.92. The number of nitrogens with one attached hydrogen (secondary N) is 3. The number of hydrogen-bond acceptors (Lipinski definition) is 5. The summed E-state index contributed by atoms with van der Waals surface area (Å²) in [6.45, 7) is 3.35. The molecule has 0 rings (SSSR count). The molecular weight excluding hydrogens is 248 g/mol. The minimum atomic E-state index is -0.869. The second-order valence-electron chi connectivity index (χ2n) is 4.11. The molecule has 0 saturated heterocycles. The van der Waals surface area contributed by atoms with Crippen molar-refractivity contribution in [2.24, 2.45) is 5.73 Å². The molecule has 0 aliphatic heterocycles. The molecule has 7 nitrogen and oxygen atoms in total. The van der Waals surface area contributed by atoms with Gasteiger partial charge in [-0.2, -0.15) is 0 Å². The van der Waals surface area contributed by atoms with E-state index in [9.17, 15) is 14.4 Å². The molecule has 0 unspecified atom stereocenters. The lowest BCUT2D eigenvalue weighted by atomic mass is 10.1. The molecule has 0 bridgehead atoms. The summed E-state index contributed by atoms with van der Waals surface area (Å²) in [5, 5.41) is 8.04. The predicted octanol–water partition coefficient (Wildman–Crippen LogP) is -1.35. The van der Waals surface area contributed by atoms with Crippen molar-refractivity contribution in [2.75, 3.05) is 13.6 Å². The smallest absolute Gasteiger partial charge is 0.243 e. The number of carbonyl (C=O) groups excluding carboxylic acids is 3. The molecule has 19 heavy (non-hydrogen) atoms. The molecule has 108 valence electrons. The Balaban J connectivity index is 4.76. The Hall–Kier alpha value is -1.89. The SMILES string of the molecule is [3H]NC(=O)[C@H](CNC)NC(=O)[C@H](CC(C)=O)NC=CC. The lowest BCUT2D eigenvalue weighted by molar-refractivity contribution is -0.129. The van der Waals surface area contributed by atoms with Gasteiger partial charge in [-0.1, -0.05) is 6.08 Å². The van der Waals surface area contributed by atoms with Gasteiger partial charge in [-0.3, -0.25) is 14.4 Å². The van der Waals surface area contributed by atoms with Crippen LogP contribution in [0.3, 0.4) is 0 Å². The molecule has 2 amide bonds. The van der Waals surface area contributed by atoms with Crippen LogP contribution in [-0.4, -0.2) is 43.3 Å². The summed E-state index contributed by atoms with van der Waals surface area (Å²) in [5.74, 6) is -1.24. The monoisotopic (exact) mass is 272 g/mol. The number of rotatable bonds is 9. The van der Waals surface area contributed by atoms with Crippen molar-refractivity contribution in [3.63, 3.8) is 0 Å². The Bertz CT molecular complexity index is 374. The maximum atomic E-state index is 12.1. The van der Waals surface area contributed by atoms with Crippen LogP contribution in [0, 0.1) is 0 Å². The number of likely N-dealkylation sites (N-methyl/N-ethyl adjacent to an activating group) is 1. The van der Waals surface area contributed by atoms with E-state index in [1.54, 1.807) is 32.0 Å². The molecule has 7 heteroatoms. The summed E-state index contributed by atoms with van der Waals surface area (Å²) >= 11 is 0. The minimum Gasteiger partial charge on any atom is -0.380 e. The number of primary amides is 1. The van der Waals surface area contributed by atoms with Gasteiger partial charge in [-0.25, -0.2) is 0 Å². The van der Waals surface area contributed by atoms with Gasteiger partial charge in [0.25, 0.3) is 0 Å². The van der Waals surface area contributed by atoms with E-state index >= 15 is 0 Å². The van der Waals surface area contributed by atoms with Gasteiger partial charge in [-0.05, 0) is 27.1 Å². The molecule has 0 aromatic carbocycles. The van der Waals surface area contributed by atoms with Crippen LogP contribution in [0.5, 0.6) is 0 Å². The molecule has 5 N–H and O–H groups in total. The first kappa shape index (κ1) is 15.2. The van der Waals surface area contributed by atoms with Crippen LogP contribution in [0.15, 0.2) is 12.3 Å². The van der Waals surface area contributed by atoms with E-state index < -0.39 is 23.9 Å². The maximum absolute atomic E-state index is 12.1. The summed E-state index contributed by atoms with van der Waals surface area (Å²) in [5.41, 5.74) is 1.73. The van der Waals surface area contributed by atoms with Gasteiger partial charge in [0.05, 0.1) is 0 Å². The zero-order valence-corrected chi connectivity index (χ0v) is 11.4. The molecule has 0 aromatic heterocycles. The molecule has 2 atom stereocenters. The van der Waals surface area contributed by atoms with Crippen LogP contribution in [0.2, 0.25) is 1.41 Å².